The van der Waals surface area contributed by atoms with Crippen molar-refractivity contribution in [3.05, 3.63) is 35.4 Å². The molecule has 0 aromatic heterocycles. The zero-order chi connectivity index (χ0) is 12.0. The van der Waals surface area contributed by atoms with Gasteiger partial charge in [-0.3, -0.25) is 4.79 Å². The molecule has 16 heavy (non-hydrogen) atoms. The van der Waals surface area contributed by atoms with Gasteiger partial charge in [-0.2, -0.15) is 0 Å². The fourth-order valence-electron chi connectivity index (χ4n) is 1.43. The average molecular weight is 215 g/mol. The van der Waals surface area contributed by atoms with Crippen molar-refractivity contribution in [3.63, 3.8) is 0 Å². The number of nitrogens with zero attached hydrogens (tertiary/aromatic N) is 1. The molecule has 1 aromatic carbocycles. The van der Waals surface area contributed by atoms with Gasteiger partial charge >= 0.3 is 0 Å². The summed E-state index contributed by atoms with van der Waals surface area (Å²) in [5.41, 5.74) is 1.49. The minimum Gasteiger partial charge on any atom is -0.342 e. The third-order valence-corrected chi connectivity index (χ3v) is 2.49. The Morgan fingerprint density at radius 2 is 2.00 bits per heavy atom. The number of unbranched alkanes of at least 4 members (excludes halogenated alkanes) is 1. The summed E-state index contributed by atoms with van der Waals surface area (Å²) in [6.45, 7) is 2.91. The van der Waals surface area contributed by atoms with Gasteiger partial charge in [0.15, 0.2) is 0 Å². The molecular weight excluding hydrogens is 198 g/mol. The van der Waals surface area contributed by atoms with Crippen LogP contribution in [0, 0.1) is 12.3 Å². The number of rotatable bonds is 4. The second-order valence-corrected chi connectivity index (χ2v) is 3.80. The van der Waals surface area contributed by atoms with E-state index < -0.39 is 0 Å². The van der Waals surface area contributed by atoms with Crippen LogP contribution in [0.2, 0.25) is 0 Å². The molecule has 0 aliphatic heterocycles. The zero-order valence-electron chi connectivity index (χ0n) is 9.86. The Morgan fingerprint density at radius 3 is 2.50 bits per heavy atom. The van der Waals surface area contributed by atoms with Crippen LogP contribution in [0.15, 0.2) is 24.3 Å². The van der Waals surface area contributed by atoms with Gasteiger partial charge in [0.2, 0.25) is 0 Å². The minimum atomic E-state index is 0.0528. The predicted octanol–water partition coefficient (Wildman–Crippen LogP) is 2.54. The zero-order valence-corrected chi connectivity index (χ0v) is 9.86. The molecule has 1 rings (SSSR count). The van der Waals surface area contributed by atoms with Crippen molar-refractivity contribution in [2.45, 2.75) is 19.8 Å². The third kappa shape index (κ3) is 3.13. The SMILES string of the molecule is C#Cc1ccc(C(=O)N(C)CCCC)cc1. The van der Waals surface area contributed by atoms with Crippen LogP contribution in [-0.2, 0) is 0 Å². The first-order valence-corrected chi connectivity index (χ1v) is 5.51. The van der Waals surface area contributed by atoms with Crippen LogP contribution in [0.25, 0.3) is 0 Å². The first-order valence-electron chi connectivity index (χ1n) is 5.51. The van der Waals surface area contributed by atoms with Gasteiger partial charge in [-0.05, 0) is 30.7 Å². The molecule has 1 aromatic rings. The number of carbonyl (C=O) groups is 1. The topological polar surface area (TPSA) is 20.3 Å². The number of amides is 1. The number of benzene rings is 1. The van der Waals surface area contributed by atoms with Crippen molar-refractivity contribution in [3.8, 4) is 12.3 Å². The summed E-state index contributed by atoms with van der Waals surface area (Å²) in [6, 6.07) is 7.14. The number of hydrogen-bond donors (Lipinski definition) is 0. The highest BCUT2D eigenvalue weighted by Crippen LogP contribution is 2.06. The summed E-state index contributed by atoms with van der Waals surface area (Å²) >= 11 is 0. The molecule has 1 amide bonds. The van der Waals surface area contributed by atoms with E-state index in [2.05, 4.69) is 12.8 Å². The van der Waals surface area contributed by atoms with Gasteiger partial charge in [0.05, 0.1) is 0 Å². The highest BCUT2D eigenvalue weighted by molar-refractivity contribution is 5.94. The molecule has 0 heterocycles. The van der Waals surface area contributed by atoms with Crippen molar-refractivity contribution < 1.29 is 4.79 Å². The van der Waals surface area contributed by atoms with E-state index in [-0.39, 0.29) is 5.91 Å². The standard InChI is InChI=1S/C14H17NO/c1-4-6-11-15(3)14(16)13-9-7-12(5-2)8-10-13/h2,7-10H,4,6,11H2,1,3H3. The molecule has 84 valence electrons. The van der Waals surface area contributed by atoms with Gasteiger partial charge in [0.1, 0.15) is 0 Å². The molecule has 2 heteroatoms. The monoisotopic (exact) mass is 215 g/mol. The molecule has 0 aliphatic carbocycles. The smallest absolute Gasteiger partial charge is 0.253 e. The molecule has 0 atom stereocenters. The summed E-state index contributed by atoms with van der Waals surface area (Å²) in [5.74, 6) is 2.58. The molecule has 0 saturated carbocycles. The maximum atomic E-state index is 11.9. The van der Waals surface area contributed by atoms with Gasteiger partial charge in [0, 0.05) is 24.7 Å². The lowest BCUT2D eigenvalue weighted by Crippen LogP contribution is -2.27. The lowest BCUT2D eigenvalue weighted by atomic mass is 10.1. The quantitative estimate of drug-likeness (QED) is 0.707. The predicted molar refractivity (Wildman–Crippen MR) is 66.2 cm³/mol. The van der Waals surface area contributed by atoms with Crippen molar-refractivity contribution in [1.82, 2.24) is 4.90 Å². The van der Waals surface area contributed by atoms with Gasteiger partial charge < -0.3 is 4.90 Å². The van der Waals surface area contributed by atoms with E-state index >= 15 is 0 Å². The molecule has 0 saturated heterocycles. The molecular formula is C14H17NO. The highest BCUT2D eigenvalue weighted by Gasteiger charge is 2.10. The van der Waals surface area contributed by atoms with E-state index in [9.17, 15) is 4.79 Å². The lowest BCUT2D eigenvalue weighted by molar-refractivity contribution is 0.0793. The van der Waals surface area contributed by atoms with Crippen LogP contribution in [0.4, 0.5) is 0 Å². The first kappa shape index (κ1) is 12.3. The number of terminal acetylenes is 1. The van der Waals surface area contributed by atoms with Crippen molar-refractivity contribution >= 4 is 5.91 Å². The second-order valence-electron chi connectivity index (χ2n) is 3.80. The Hall–Kier alpha value is -1.75. The Bertz CT molecular complexity index is 386. The minimum absolute atomic E-state index is 0.0528. The van der Waals surface area contributed by atoms with Crippen LogP contribution >= 0.6 is 0 Å². The molecule has 0 bridgehead atoms. The van der Waals surface area contributed by atoms with Crippen molar-refractivity contribution in [1.29, 1.82) is 0 Å². The Kier molecular flexibility index (Phi) is 4.60. The normalized spacial score (nSPS) is 9.56. The lowest BCUT2D eigenvalue weighted by Gasteiger charge is -2.16. The Morgan fingerprint density at radius 1 is 1.38 bits per heavy atom. The maximum absolute atomic E-state index is 11.9. The Balaban J connectivity index is 2.69. The molecule has 0 aliphatic rings. The number of carbonyl (C=O) groups excluding carboxylic acids is 1. The van der Waals surface area contributed by atoms with Crippen molar-refractivity contribution in [2.24, 2.45) is 0 Å². The van der Waals surface area contributed by atoms with Gasteiger partial charge in [0.25, 0.3) is 5.91 Å². The van der Waals surface area contributed by atoms with Gasteiger partial charge in [-0.15, -0.1) is 6.42 Å². The van der Waals surface area contributed by atoms with Crippen LogP contribution in [0.5, 0.6) is 0 Å². The summed E-state index contributed by atoms with van der Waals surface area (Å²) in [4.78, 5) is 13.7. The molecule has 0 spiro atoms. The van der Waals surface area contributed by atoms with E-state index in [1.165, 1.54) is 0 Å². The third-order valence-electron chi connectivity index (χ3n) is 2.49. The van der Waals surface area contributed by atoms with Gasteiger partial charge in [-0.1, -0.05) is 19.3 Å². The van der Waals surface area contributed by atoms with E-state index in [1.54, 1.807) is 29.2 Å². The molecule has 0 fully saturated rings. The molecule has 0 radical (unpaired) electrons. The van der Waals surface area contributed by atoms with Crippen LogP contribution in [-0.4, -0.2) is 24.4 Å². The average Bonchev–Trinajstić information content (AvgIpc) is 2.35. The van der Waals surface area contributed by atoms with Crippen molar-refractivity contribution in [2.75, 3.05) is 13.6 Å². The first-order chi connectivity index (χ1) is 7.69. The van der Waals surface area contributed by atoms with E-state index in [4.69, 9.17) is 6.42 Å². The maximum Gasteiger partial charge on any atom is 0.253 e. The molecule has 0 N–H and O–H groups in total. The summed E-state index contributed by atoms with van der Waals surface area (Å²) in [7, 11) is 1.83. The Labute approximate surface area is 97.3 Å². The fourth-order valence-corrected chi connectivity index (χ4v) is 1.43. The number of hydrogen-bond acceptors (Lipinski definition) is 1. The summed E-state index contributed by atoms with van der Waals surface area (Å²) in [6.07, 6.45) is 7.38. The van der Waals surface area contributed by atoms with Crippen LogP contribution in [0.1, 0.15) is 35.7 Å². The second kappa shape index (κ2) is 5.97. The van der Waals surface area contributed by atoms with Gasteiger partial charge in [-0.25, -0.2) is 0 Å². The molecule has 0 unspecified atom stereocenters. The van der Waals surface area contributed by atoms with E-state index in [0.717, 1.165) is 24.9 Å². The summed E-state index contributed by atoms with van der Waals surface area (Å²) in [5, 5.41) is 0. The van der Waals surface area contributed by atoms with Crippen LogP contribution in [0.3, 0.4) is 0 Å². The largest absolute Gasteiger partial charge is 0.342 e. The summed E-state index contributed by atoms with van der Waals surface area (Å²) < 4.78 is 0. The highest BCUT2D eigenvalue weighted by atomic mass is 16.2. The van der Waals surface area contributed by atoms with E-state index in [0.29, 0.717) is 5.56 Å². The fraction of sp³-hybridized carbons (Fsp3) is 0.357. The molecule has 2 nitrogen and oxygen atoms in total. The van der Waals surface area contributed by atoms with Crippen LogP contribution < -0.4 is 0 Å². The van der Waals surface area contributed by atoms with E-state index in [1.807, 2.05) is 7.05 Å².